The van der Waals surface area contributed by atoms with Gasteiger partial charge in [0.25, 0.3) is 0 Å². The second-order valence-electron chi connectivity index (χ2n) is 6.00. The molecule has 0 aromatic carbocycles. The van der Waals surface area contributed by atoms with Crippen molar-refractivity contribution < 1.29 is 14.3 Å². The average Bonchev–Trinajstić information content (AvgIpc) is 3.15. The molecule has 0 radical (unpaired) electrons. The van der Waals surface area contributed by atoms with Crippen molar-refractivity contribution in [3.05, 3.63) is 10.5 Å². The van der Waals surface area contributed by atoms with Crippen LogP contribution in [-0.2, 0) is 16.1 Å². The van der Waals surface area contributed by atoms with Crippen molar-refractivity contribution in [1.29, 1.82) is 0 Å². The van der Waals surface area contributed by atoms with Gasteiger partial charge in [-0.1, -0.05) is 25.6 Å². The number of rotatable bonds is 7. The zero-order chi connectivity index (χ0) is 17.5. The Labute approximate surface area is 143 Å². The predicted octanol–water partition coefficient (Wildman–Crippen LogP) is 0.324. The highest BCUT2D eigenvalue weighted by atomic mass is 32.2. The highest BCUT2D eigenvalue weighted by Crippen LogP contribution is 2.17. The van der Waals surface area contributed by atoms with Gasteiger partial charge in [-0.2, -0.15) is 0 Å². The van der Waals surface area contributed by atoms with Crippen LogP contribution in [0.5, 0.6) is 0 Å². The summed E-state index contributed by atoms with van der Waals surface area (Å²) in [5, 5.41) is 11.6. The number of imide groups is 1. The van der Waals surface area contributed by atoms with Crippen LogP contribution in [-0.4, -0.2) is 51.7 Å². The fourth-order valence-corrected chi connectivity index (χ4v) is 2.96. The number of urea groups is 1. The SMILES string of the molecule is CC(C)CNC(=O)NC(=O)CSc1n[nH]c(=O)n1C[C@@H]1CCCO1. The molecule has 1 saturated heterocycles. The van der Waals surface area contributed by atoms with E-state index in [-0.39, 0.29) is 17.5 Å². The highest BCUT2D eigenvalue weighted by molar-refractivity contribution is 7.99. The van der Waals surface area contributed by atoms with Gasteiger partial charge in [0.1, 0.15) is 0 Å². The van der Waals surface area contributed by atoms with E-state index in [0.717, 1.165) is 24.6 Å². The van der Waals surface area contributed by atoms with E-state index in [9.17, 15) is 14.4 Å². The summed E-state index contributed by atoms with van der Waals surface area (Å²) in [5.74, 6) is -0.151. The second kappa shape index (κ2) is 8.88. The average molecular weight is 357 g/mol. The van der Waals surface area contributed by atoms with Crippen LogP contribution in [0, 0.1) is 5.92 Å². The van der Waals surface area contributed by atoms with Crippen LogP contribution < -0.4 is 16.3 Å². The Balaban J connectivity index is 1.82. The van der Waals surface area contributed by atoms with E-state index in [1.807, 2.05) is 13.8 Å². The lowest BCUT2D eigenvalue weighted by atomic mass is 10.2. The smallest absolute Gasteiger partial charge is 0.344 e. The zero-order valence-corrected chi connectivity index (χ0v) is 14.6. The minimum absolute atomic E-state index is 0.00436. The fraction of sp³-hybridized carbons (Fsp3) is 0.714. The Morgan fingerprint density at radius 2 is 2.29 bits per heavy atom. The van der Waals surface area contributed by atoms with E-state index < -0.39 is 11.9 Å². The second-order valence-corrected chi connectivity index (χ2v) is 6.94. The van der Waals surface area contributed by atoms with Gasteiger partial charge in [0.05, 0.1) is 18.4 Å². The maximum Gasteiger partial charge on any atom is 0.344 e. The van der Waals surface area contributed by atoms with Crippen molar-refractivity contribution in [2.45, 2.75) is 44.5 Å². The molecular formula is C14H23N5O4S. The summed E-state index contributed by atoms with van der Waals surface area (Å²) in [6, 6.07) is -0.520. The van der Waals surface area contributed by atoms with Crippen molar-refractivity contribution in [2.75, 3.05) is 18.9 Å². The van der Waals surface area contributed by atoms with Gasteiger partial charge in [-0.05, 0) is 18.8 Å². The van der Waals surface area contributed by atoms with Crippen LogP contribution >= 0.6 is 11.8 Å². The van der Waals surface area contributed by atoms with Gasteiger partial charge in [-0.25, -0.2) is 14.7 Å². The Morgan fingerprint density at radius 1 is 1.50 bits per heavy atom. The van der Waals surface area contributed by atoms with Crippen molar-refractivity contribution >= 4 is 23.7 Å². The summed E-state index contributed by atoms with van der Waals surface area (Å²) in [6.45, 7) is 5.53. The number of carbonyl (C=O) groups excluding carboxylic acids is 2. The molecule has 0 bridgehead atoms. The number of nitrogens with one attached hydrogen (secondary N) is 3. The largest absolute Gasteiger partial charge is 0.376 e. The highest BCUT2D eigenvalue weighted by Gasteiger charge is 2.20. The molecule has 134 valence electrons. The van der Waals surface area contributed by atoms with Gasteiger partial charge in [0.2, 0.25) is 5.91 Å². The first kappa shape index (κ1) is 18.5. The number of amides is 3. The van der Waals surface area contributed by atoms with Gasteiger partial charge >= 0.3 is 11.7 Å². The van der Waals surface area contributed by atoms with Gasteiger partial charge < -0.3 is 10.1 Å². The van der Waals surface area contributed by atoms with Gasteiger partial charge in [-0.15, -0.1) is 5.10 Å². The van der Waals surface area contributed by atoms with Gasteiger partial charge in [-0.3, -0.25) is 14.7 Å². The normalized spacial score (nSPS) is 17.2. The molecule has 10 heteroatoms. The molecule has 1 fully saturated rings. The number of hydrogen-bond acceptors (Lipinski definition) is 6. The lowest BCUT2D eigenvalue weighted by Gasteiger charge is -2.11. The Bertz CT molecular complexity index is 621. The van der Waals surface area contributed by atoms with Crippen LogP contribution in [0.1, 0.15) is 26.7 Å². The Kier molecular flexibility index (Phi) is 6.85. The quantitative estimate of drug-likeness (QED) is 0.605. The molecule has 0 aliphatic carbocycles. The fourth-order valence-electron chi connectivity index (χ4n) is 2.20. The van der Waals surface area contributed by atoms with Crippen molar-refractivity contribution in [3.63, 3.8) is 0 Å². The number of aromatic nitrogens is 3. The third-order valence-electron chi connectivity index (χ3n) is 3.39. The molecule has 2 heterocycles. The molecule has 1 aliphatic rings. The monoisotopic (exact) mass is 357 g/mol. The molecule has 3 amide bonds. The minimum atomic E-state index is -0.520. The maximum atomic E-state index is 11.8. The number of nitrogens with zero attached hydrogens (tertiary/aromatic N) is 2. The molecule has 1 aromatic heterocycles. The van der Waals surface area contributed by atoms with E-state index >= 15 is 0 Å². The summed E-state index contributed by atoms with van der Waals surface area (Å²) in [4.78, 5) is 35.1. The third-order valence-corrected chi connectivity index (χ3v) is 4.37. The number of aromatic amines is 1. The first-order valence-corrected chi connectivity index (χ1v) is 8.91. The molecule has 0 unspecified atom stereocenters. The minimum Gasteiger partial charge on any atom is -0.376 e. The summed E-state index contributed by atoms with van der Waals surface area (Å²) in [5.41, 5.74) is -0.330. The molecule has 1 atom stereocenters. The van der Waals surface area contributed by atoms with Crippen LogP contribution in [0.15, 0.2) is 9.95 Å². The Morgan fingerprint density at radius 3 is 2.96 bits per heavy atom. The van der Waals surface area contributed by atoms with E-state index in [0.29, 0.717) is 30.8 Å². The van der Waals surface area contributed by atoms with Crippen LogP contribution in [0.2, 0.25) is 0 Å². The van der Waals surface area contributed by atoms with Crippen molar-refractivity contribution in [3.8, 4) is 0 Å². The molecule has 2 rings (SSSR count). The molecule has 0 saturated carbocycles. The number of carbonyl (C=O) groups is 2. The van der Waals surface area contributed by atoms with Crippen molar-refractivity contribution in [1.82, 2.24) is 25.4 Å². The summed E-state index contributed by atoms with van der Waals surface area (Å²) in [6.07, 6.45) is 1.88. The first-order chi connectivity index (χ1) is 11.5. The van der Waals surface area contributed by atoms with Crippen LogP contribution in [0.3, 0.4) is 0 Å². The summed E-state index contributed by atoms with van der Waals surface area (Å²) >= 11 is 1.10. The number of H-pyrrole nitrogens is 1. The molecule has 0 spiro atoms. The molecule has 24 heavy (non-hydrogen) atoms. The van der Waals surface area contributed by atoms with E-state index in [4.69, 9.17) is 4.74 Å². The van der Waals surface area contributed by atoms with E-state index in [2.05, 4.69) is 20.8 Å². The lowest BCUT2D eigenvalue weighted by molar-refractivity contribution is -0.117. The summed E-state index contributed by atoms with van der Waals surface area (Å²) in [7, 11) is 0. The Hall–Kier alpha value is -1.81. The molecule has 9 nitrogen and oxygen atoms in total. The van der Waals surface area contributed by atoms with Crippen LogP contribution in [0.4, 0.5) is 4.79 Å². The van der Waals surface area contributed by atoms with Crippen molar-refractivity contribution in [2.24, 2.45) is 5.92 Å². The summed E-state index contributed by atoms with van der Waals surface area (Å²) < 4.78 is 6.98. The number of thioether (sulfide) groups is 1. The number of hydrogen-bond donors (Lipinski definition) is 3. The maximum absolute atomic E-state index is 11.8. The molecular weight excluding hydrogens is 334 g/mol. The predicted molar refractivity (Wildman–Crippen MR) is 88.9 cm³/mol. The van der Waals surface area contributed by atoms with E-state index in [1.165, 1.54) is 4.57 Å². The van der Waals surface area contributed by atoms with Crippen LogP contribution in [0.25, 0.3) is 0 Å². The lowest BCUT2D eigenvalue weighted by Crippen LogP contribution is -2.41. The molecule has 3 N–H and O–H groups in total. The molecule has 1 aliphatic heterocycles. The zero-order valence-electron chi connectivity index (χ0n) is 13.8. The van der Waals surface area contributed by atoms with Gasteiger partial charge in [0.15, 0.2) is 5.16 Å². The topological polar surface area (TPSA) is 118 Å². The third kappa shape index (κ3) is 5.68. The number of ether oxygens (including phenoxy) is 1. The standard InChI is InChI=1S/C14H23N5O4S/c1-9(2)6-15-12(21)16-11(20)8-24-14-18-17-13(22)19(14)7-10-4-3-5-23-10/h9-10H,3-8H2,1-2H3,(H,17,22)(H2,15,16,20,21)/t10-/m0/s1. The first-order valence-electron chi connectivity index (χ1n) is 7.93. The van der Waals surface area contributed by atoms with E-state index in [1.54, 1.807) is 0 Å². The van der Waals surface area contributed by atoms with Gasteiger partial charge in [0, 0.05) is 13.2 Å². The molecule has 1 aromatic rings.